The Morgan fingerprint density at radius 3 is 2.63 bits per heavy atom. The topological polar surface area (TPSA) is 41.6 Å². The van der Waals surface area contributed by atoms with E-state index in [2.05, 4.69) is 46.6 Å². The van der Waals surface area contributed by atoms with Gasteiger partial charge >= 0.3 is 0 Å². The normalized spacial score (nSPS) is 18.4. The number of amides is 1. The molecule has 0 aromatic heterocycles. The third-order valence-corrected chi connectivity index (χ3v) is 5.74. The summed E-state index contributed by atoms with van der Waals surface area (Å²) in [6.45, 7) is 1.18. The van der Waals surface area contributed by atoms with Gasteiger partial charge < -0.3 is 10.1 Å². The first-order valence-corrected chi connectivity index (χ1v) is 9.98. The van der Waals surface area contributed by atoms with Gasteiger partial charge in [-0.05, 0) is 60.9 Å². The molecule has 2 aromatic rings. The number of hydrogen-bond acceptors (Lipinski definition) is 3. The highest BCUT2D eigenvalue weighted by molar-refractivity contribution is 5.78. The Morgan fingerprint density at radius 1 is 1.11 bits per heavy atom. The third kappa shape index (κ3) is 4.33. The van der Waals surface area contributed by atoms with E-state index < -0.39 is 0 Å². The van der Waals surface area contributed by atoms with Crippen molar-refractivity contribution in [3.63, 3.8) is 0 Å². The summed E-state index contributed by atoms with van der Waals surface area (Å²) in [4.78, 5) is 15.0. The van der Waals surface area contributed by atoms with Crippen molar-refractivity contribution in [1.29, 1.82) is 0 Å². The molecule has 2 aliphatic rings. The SMILES string of the molecule is COc1ccc(CCNC(=O)CN(C2CC2)C2CCc3ccccc32)cc1. The van der Waals surface area contributed by atoms with Crippen LogP contribution in [0.4, 0.5) is 0 Å². The molecule has 0 saturated heterocycles. The number of hydrogen-bond donors (Lipinski definition) is 1. The first kappa shape index (κ1) is 18.1. The zero-order chi connectivity index (χ0) is 18.6. The largest absolute Gasteiger partial charge is 0.497 e. The number of rotatable bonds is 8. The minimum Gasteiger partial charge on any atom is -0.497 e. The number of ether oxygens (including phenoxy) is 1. The maximum atomic E-state index is 12.6. The van der Waals surface area contributed by atoms with Crippen LogP contribution in [-0.2, 0) is 17.6 Å². The molecule has 1 unspecified atom stereocenters. The van der Waals surface area contributed by atoms with Crippen molar-refractivity contribution >= 4 is 5.91 Å². The van der Waals surface area contributed by atoms with Gasteiger partial charge in [0.2, 0.25) is 5.91 Å². The smallest absolute Gasteiger partial charge is 0.234 e. The van der Waals surface area contributed by atoms with Crippen molar-refractivity contribution in [2.75, 3.05) is 20.2 Å². The summed E-state index contributed by atoms with van der Waals surface area (Å²) < 4.78 is 5.18. The maximum absolute atomic E-state index is 12.6. The Kier molecular flexibility index (Phi) is 5.44. The second-order valence-corrected chi connectivity index (χ2v) is 7.60. The summed E-state index contributed by atoms with van der Waals surface area (Å²) in [5.74, 6) is 1.000. The second kappa shape index (κ2) is 8.13. The molecule has 0 spiro atoms. The Labute approximate surface area is 161 Å². The van der Waals surface area contributed by atoms with E-state index in [0.29, 0.717) is 25.2 Å². The van der Waals surface area contributed by atoms with E-state index in [-0.39, 0.29) is 5.91 Å². The third-order valence-electron chi connectivity index (χ3n) is 5.74. The van der Waals surface area contributed by atoms with Crippen LogP contribution >= 0.6 is 0 Å². The molecule has 27 heavy (non-hydrogen) atoms. The van der Waals surface area contributed by atoms with E-state index in [1.807, 2.05) is 12.1 Å². The van der Waals surface area contributed by atoms with Crippen LogP contribution in [0.25, 0.3) is 0 Å². The van der Waals surface area contributed by atoms with Crippen LogP contribution in [0.3, 0.4) is 0 Å². The Balaban J connectivity index is 1.31. The fourth-order valence-corrected chi connectivity index (χ4v) is 4.14. The first-order valence-electron chi connectivity index (χ1n) is 9.98. The number of nitrogens with one attached hydrogen (secondary N) is 1. The van der Waals surface area contributed by atoms with E-state index in [1.165, 1.54) is 29.5 Å². The van der Waals surface area contributed by atoms with Gasteiger partial charge in [-0.1, -0.05) is 36.4 Å². The standard InChI is InChI=1S/C23H28N2O2/c1-27-20-11-6-17(7-12-20)14-15-24-23(26)16-25(19-9-10-19)22-13-8-18-4-2-3-5-21(18)22/h2-7,11-12,19,22H,8-10,13-16H2,1H3,(H,24,26). The molecule has 1 atom stereocenters. The highest BCUT2D eigenvalue weighted by atomic mass is 16.5. The van der Waals surface area contributed by atoms with Crippen LogP contribution in [0.1, 0.15) is 42.0 Å². The number of carbonyl (C=O) groups excluding carboxylic acids is 1. The van der Waals surface area contributed by atoms with E-state index in [9.17, 15) is 4.79 Å². The zero-order valence-electron chi connectivity index (χ0n) is 16.0. The lowest BCUT2D eigenvalue weighted by atomic mass is 10.1. The Morgan fingerprint density at radius 2 is 1.89 bits per heavy atom. The highest BCUT2D eigenvalue weighted by Crippen LogP contribution is 2.41. The highest BCUT2D eigenvalue weighted by Gasteiger charge is 2.38. The number of aryl methyl sites for hydroxylation is 1. The lowest BCUT2D eigenvalue weighted by Crippen LogP contribution is -2.40. The Bertz CT molecular complexity index is 783. The molecule has 0 heterocycles. The van der Waals surface area contributed by atoms with Crippen LogP contribution in [0.5, 0.6) is 5.75 Å². The number of benzene rings is 2. The van der Waals surface area contributed by atoms with Crippen molar-refractivity contribution in [3.8, 4) is 5.75 Å². The van der Waals surface area contributed by atoms with Gasteiger partial charge in [-0.15, -0.1) is 0 Å². The molecule has 4 heteroatoms. The fraction of sp³-hybridized carbons (Fsp3) is 0.435. The van der Waals surface area contributed by atoms with Crippen LogP contribution in [-0.4, -0.2) is 37.0 Å². The Hall–Kier alpha value is -2.33. The van der Waals surface area contributed by atoms with Gasteiger partial charge in [0, 0.05) is 18.6 Å². The summed E-state index contributed by atoms with van der Waals surface area (Å²) in [6.07, 6.45) is 5.54. The van der Waals surface area contributed by atoms with Gasteiger partial charge in [-0.25, -0.2) is 0 Å². The van der Waals surface area contributed by atoms with E-state index in [0.717, 1.165) is 25.0 Å². The molecular formula is C23H28N2O2. The quantitative estimate of drug-likeness (QED) is 0.779. The lowest BCUT2D eigenvalue weighted by molar-refractivity contribution is -0.123. The molecule has 0 aliphatic heterocycles. The summed E-state index contributed by atoms with van der Waals surface area (Å²) in [5, 5.41) is 3.11. The van der Waals surface area contributed by atoms with Crippen molar-refractivity contribution in [3.05, 3.63) is 65.2 Å². The summed E-state index contributed by atoms with van der Waals surface area (Å²) in [5.41, 5.74) is 4.09. The summed E-state index contributed by atoms with van der Waals surface area (Å²) in [6, 6.07) is 17.7. The molecule has 2 aromatic carbocycles. The molecule has 1 N–H and O–H groups in total. The van der Waals surface area contributed by atoms with E-state index in [1.54, 1.807) is 7.11 Å². The van der Waals surface area contributed by atoms with E-state index in [4.69, 9.17) is 4.74 Å². The van der Waals surface area contributed by atoms with Crippen molar-refractivity contribution < 1.29 is 9.53 Å². The van der Waals surface area contributed by atoms with E-state index >= 15 is 0 Å². The van der Waals surface area contributed by atoms with Crippen molar-refractivity contribution in [1.82, 2.24) is 10.2 Å². The monoisotopic (exact) mass is 364 g/mol. The van der Waals surface area contributed by atoms with Gasteiger partial charge in [0.05, 0.1) is 13.7 Å². The fourth-order valence-electron chi connectivity index (χ4n) is 4.14. The predicted molar refractivity (Wildman–Crippen MR) is 107 cm³/mol. The summed E-state index contributed by atoms with van der Waals surface area (Å²) >= 11 is 0. The van der Waals surface area contributed by atoms with Gasteiger partial charge in [0.1, 0.15) is 5.75 Å². The molecule has 142 valence electrons. The molecule has 4 rings (SSSR count). The molecule has 1 amide bonds. The maximum Gasteiger partial charge on any atom is 0.234 e. The summed E-state index contributed by atoms with van der Waals surface area (Å²) in [7, 11) is 1.67. The number of fused-ring (bicyclic) bond motifs is 1. The first-order chi connectivity index (χ1) is 13.2. The average molecular weight is 364 g/mol. The molecule has 1 fully saturated rings. The lowest BCUT2D eigenvalue weighted by Gasteiger charge is -2.29. The molecule has 0 radical (unpaired) electrons. The molecule has 2 aliphatic carbocycles. The van der Waals surface area contributed by atoms with Crippen LogP contribution in [0, 0.1) is 0 Å². The second-order valence-electron chi connectivity index (χ2n) is 7.60. The number of carbonyl (C=O) groups is 1. The van der Waals surface area contributed by atoms with Gasteiger partial charge in [-0.2, -0.15) is 0 Å². The molecule has 0 bridgehead atoms. The minimum atomic E-state index is 0.139. The molecular weight excluding hydrogens is 336 g/mol. The average Bonchev–Trinajstić information content (AvgIpc) is 3.46. The minimum absolute atomic E-state index is 0.139. The van der Waals surface area contributed by atoms with Crippen molar-refractivity contribution in [2.45, 2.75) is 44.2 Å². The van der Waals surface area contributed by atoms with Crippen LogP contribution in [0.2, 0.25) is 0 Å². The predicted octanol–water partition coefficient (Wildman–Crippen LogP) is 3.51. The number of methoxy groups -OCH3 is 1. The van der Waals surface area contributed by atoms with Crippen molar-refractivity contribution in [2.24, 2.45) is 0 Å². The van der Waals surface area contributed by atoms with Crippen LogP contribution < -0.4 is 10.1 Å². The van der Waals surface area contributed by atoms with Gasteiger partial charge in [0.25, 0.3) is 0 Å². The molecule has 1 saturated carbocycles. The van der Waals surface area contributed by atoms with Gasteiger partial charge in [-0.3, -0.25) is 9.69 Å². The van der Waals surface area contributed by atoms with Crippen LogP contribution in [0.15, 0.2) is 48.5 Å². The van der Waals surface area contributed by atoms with Gasteiger partial charge in [0.15, 0.2) is 0 Å². The number of nitrogens with zero attached hydrogens (tertiary/aromatic N) is 1. The zero-order valence-corrected chi connectivity index (χ0v) is 16.0. The molecule has 4 nitrogen and oxygen atoms in total.